The predicted molar refractivity (Wildman–Crippen MR) is 85.9 cm³/mol. The minimum Gasteiger partial charge on any atom is -0.365 e. The van der Waals surface area contributed by atoms with Crippen molar-refractivity contribution in [2.24, 2.45) is 5.73 Å². The Morgan fingerprint density at radius 1 is 1.29 bits per heavy atom. The van der Waals surface area contributed by atoms with Gasteiger partial charge in [-0.1, -0.05) is 6.92 Å². The van der Waals surface area contributed by atoms with Gasteiger partial charge in [-0.05, 0) is 50.5 Å². The van der Waals surface area contributed by atoms with E-state index in [9.17, 15) is 8.42 Å². The van der Waals surface area contributed by atoms with E-state index >= 15 is 0 Å². The molecule has 6 heteroatoms. The van der Waals surface area contributed by atoms with Crippen molar-refractivity contribution in [2.45, 2.75) is 50.1 Å². The first-order valence-electron chi connectivity index (χ1n) is 7.57. The molecule has 1 saturated heterocycles. The van der Waals surface area contributed by atoms with E-state index in [0.29, 0.717) is 30.1 Å². The van der Waals surface area contributed by atoms with Gasteiger partial charge in [0.25, 0.3) is 0 Å². The summed E-state index contributed by atoms with van der Waals surface area (Å²) in [7, 11) is -3.38. The van der Waals surface area contributed by atoms with Crippen LogP contribution in [0.5, 0.6) is 0 Å². The van der Waals surface area contributed by atoms with Crippen LogP contribution >= 0.6 is 0 Å². The summed E-state index contributed by atoms with van der Waals surface area (Å²) in [6, 6.07) is 7.88. The average molecular weight is 311 g/mol. The first kappa shape index (κ1) is 16.3. The SMILES string of the molecule is CCNS(=O)(=O)c1ccc(N2C(C)CCCC2CN)cc1. The van der Waals surface area contributed by atoms with Crippen molar-refractivity contribution in [2.75, 3.05) is 18.0 Å². The highest BCUT2D eigenvalue weighted by molar-refractivity contribution is 7.89. The molecule has 0 saturated carbocycles. The highest BCUT2D eigenvalue weighted by Crippen LogP contribution is 2.29. The number of hydrogen-bond donors (Lipinski definition) is 2. The van der Waals surface area contributed by atoms with Crippen LogP contribution in [0.25, 0.3) is 0 Å². The predicted octanol–water partition coefficient (Wildman–Crippen LogP) is 1.69. The maximum Gasteiger partial charge on any atom is 0.240 e. The van der Waals surface area contributed by atoms with Crippen LogP contribution in [-0.2, 0) is 10.0 Å². The molecular formula is C15H25N3O2S. The van der Waals surface area contributed by atoms with Crippen LogP contribution in [0.1, 0.15) is 33.1 Å². The summed E-state index contributed by atoms with van der Waals surface area (Å²) in [5.41, 5.74) is 6.93. The fourth-order valence-electron chi connectivity index (χ4n) is 3.05. The first-order chi connectivity index (χ1) is 9.99. The third-order valence-corrected chi connectivity index (χ3v) is 5.64. The van der Waals surface area contributed by atoms with E-state index in [4.69, 9.17) is 5.73 Å². The second-order valence-corrected chi connectivity index (χ2v) is 7.34. The lowest BCUT2D eigenvalue weighted by atomic mass is 9.95. The summed E-state index contributed by atoms with van der Waals surface area (Å²) in [6.07, 6.45) is 3.44. The Kier molecular flexibility index (Phi) is 5.24. The molecule has 3 N–H and O–H groups in total. The van der Waals surface area contributed by atoms with Gasteiger partial charge < -0.3 is 10.6 Å². The summed E-state index contributed by atoms with van der Waals surface area (Å²) in [5.74, 6) is 0. The normalized spacial score (nSPS) is 23.3. The van der Waals surface area contributed by atoms with Gasteiger partial charge in [0.1, 0.15) is 0 Å². The van der Waals surface area contributed by atoms with Gasteiger partial charge in [0, 0.05) is 30.9 Å². The van der Waals surface area contributed by atoms with Crippen LogP contribution in [0.2, 0.25) is 0 Å². The highest BCUT2D eigenvalue weighted by atomic mass is 32.2. The standard InChI is InChI=1S/C15H25N3O2S/c1-3-17-21(19,20)15-9-7-13(8-10-15)18-12(2)5-4-6-14(18)11-16/h7-10,12,14,17H,3-6,11,16H2,1-2H3. The largest absolute Gasteiger partial charge is 0.365 e. The third-order valence-electron chi connectivity index (χ3n) is 4.08. The van der Waals surface area contributed by atoms with Crippen LogP contribution in [0.4, 0.5) is 5.69 Å². The molecule has 0 aliphatic carbocycles. The second kappa shape index (κ2) is 6.77. The van der Waals surface area contributed by atoms with E-state index < -0.39 is 10.0 Å². The van der Waals surface area contributed by atoms with Crippen LogP contribution in [0.3, 0.4) is 0 Å². The molecule has 0 bridgehead atoms. The monoisotopic (exact) mass is 311 g/mol. The number of benzene rings is 1. The van der Waals surface area contributed by atoms with E-state index in [1.165, 1.54) is 6.42 Å². The minimum absolute atomic E-state index is 0.307. The van der Waals surface area contributed by atoms with Gasteiger partial charge in [-0.2, -0.15) is 0 Å². The molecule has 21 heavy (non-hydrogen) atoms. The second-order valence-electron chi connectivity index (χ2n) is 5.57. The summed E-state index contributed by atoms with van der Waals surface area (Å²) < 4.78 is 26.4. The fourth-order valence-corrected chi connectivity index (χ4v) is 4.10. The summed E-state index contributed by atoms with van der Waals surface area (Å²) in [5, 5.41) is 0. The van der Waals surface area contributed by atoms with Crippen LogP contribution < -0.4 is 15.4 Å². The number of nitrogens with one attached hydrogen (secondary N) is 1. The zero-order valence-electron chi connectivity index (χ0n) is 12.7. The Hall–Kier alpha value is -1.11. The number of nitrogens with two attached hydrogens (primary N) is 1. The third kappa shape index (κ3) is 3.56. The topological polar surface area (TPSA) is 75.4 Å². The number of rotatable bonds is 5. The Balaban J connectivity index is 2.25. The maximum atomic E-state index is 12.0. The summed E-state index contributed by atoms with van der Waals surface area (Å²) >= 11 is 0. The van der Waals surface area contributed by atoms with Crippen molar-refractivity contribution in [3.05, 3.63) is 24.3 Å². The number of anilines is 1. The van der Waals surface area contributed by atoms with E-state index in [-0.39, 0.29) is 0 Å². The summed E-state index contributed by atoms with van der Waals surface area (Å²) in [4.78, 5) is 2.63. The van der Waals surface area contributed by atoms with Crippen LogP contribution in [-0.4, -0.2) is 33.6 Å². The van der Waals surface area contributed by atoms with Crippen LogP contribution in [0.15, 0.2) is 29.2 Å². The van der Waals surface area contributed by atoms with E-state index in [1.807, 2.05) is 12.1 Å². The molecule has 118 valence electrons. The zero-order valence-corrected chi connectivity index (χ0v) is 13.6. The quantitative estimate of drug-likeness (QED) is 0.868. The van der Waals surface area contributed by atoms with Crippen molar-refractivity contribution in [1.82, 2.24) is 4.72 Å². The molecule has 0 aromatic heterocycles. The van der Waals surface area contributed by atoms with Gasteiger partial charge in [0.2, 0.25) is 10.0 Å². The maximum absolute atomic E-state index is 12.0. The fraction of sp³-hybridized carbons (Fsp3) is 0.600. The van der Waals surface area contributed by atoms with Crippen molar-refractivity contribution in [1.29, 1.82) is 0 Å². The smallest absolute Gasteiger partial charge is 0.240 e. The average Bonchev–Trinajstić information content (AvgIpc) is 2.47. The van der Waals surface area contributed by atoms with Crippen molar-refractivity contribution >= 4 is 15.7 Å². The molecule has 0 amide bonds. The van der Waals surface area contributed by atoms with Gasteiger partial charge in [0.15, 0.2) is 0 Å². The Bertz CT molecular complexity index is 557. The van der Waals surface area contributed by atoms with Gasteiger partial charge in [-0.25, -0.2) is 13.1 Å². The molecule has 2 rings (SSSR count). The van der Waals surface area contributed by atoms with Gasteiger partial charge in [0.05, 0.1) is 4.90 Å². The van der Waals surface area contributed by atoms with Crippen molar-refractivity contribution in [3.63, 3.8) is 0 Å². The van der Waals surface area contributed by atoms with Crippen molar-refractivity contribution in [3.8, 4) is 0 Å². The molecule has 1 aliphatic rings. The highest BCUT2D eigenvalue weighted by Gasteiger charge is 2.27. The van der Waals surface area contributed by atoms with Gasteiger partial charge in [-0.15, -0.1) is 0 Å². The molecule has 2 unspecified atom stereocenters. The number of sulfonamides is 1. The Morgan fingerprint density at radius 3 is 2.52 bits per heavy atom. The molecule has 1 aliphatic heterocycles. The van der Waals surface area contributed by atoms with E-state index in [0.717, 1.165) is 18.5 Å². The zero-order chi connectivity index (χ0) is 15.5. The van der Waals surface area contributed by atoms with E-state index in [1.54, 1.807) is 19.1 Å². The molecular weight excluding hydrogens is 286 g/mol. The molecule has 1 aromatic rings. The Labute approximate surface area is 127 Å². The molecule has 1 aromatic carbocycles. The van der Waals surface area contributed by atoms with E-state index in [2.05, 4.69) is 16.5 Å². The van der Waals surface area contributed by atoms with Gasteiger partial charge in [-0.3, -0.25) is 0 Å². The number of hydrogen-bond acceptors (Lipinski definition) is 4. The lowest BCUT2D eigenvalue weighted by Crippen LogP contribution is -2.49. The molecule has 1 fully saturated rings. The van der Waals surface area contributed by atoms with Crippen LogP contribution in [0, 0.1) is 0 Å². The van der Waals surface area contributed by atoms with Crippen molar-refractivity contribution < 1.29 is 8.42 Å². The first-order valence-corrected chi connectivity index (χ1v) is 9.06. The molecule has 1 heterocycles. The molecule has 2 atom stereocenters. The minimum atomic E-state index is -3.38. The Morgan fingerprint density at radius 2 is 1.95 bits per heavy atom. The molecule has 0 radical (unpaired) electrons. The lowest BCUT2D eigenvalue weighted by Gasteiger charge is -2.42. The molecule has 5 nitrogen and oxygen atoms in total. The summed E-state index contributed by atoms with van der Waals surface area (Å²) in [6.45, 7) is 4.99. The lowest BCUT2D eigenvalue weighted by molar-refractivity contribution is 0.401. The van der Waals surface area contributed by atoms with Gasteiger partial charge >= 0.3 is 0 Å². The number of nitrogens with zero attached hydrogens (tertiary/aromatic N) is 1. The number of piperidine rings is 1. The molecule has 0 spiro atoms.